The Hall–Kier alpha value is -3.96. The second-order valence-corrected chi connectivity index (χ2v) is 10.8. The zero-order valence-corrected chi connectivity index (χ0v) is 24.4. The average Bonchev–Trinajstić information content (AvgIpc) is 3.25. The molecule has 11 nitrogen and oxygen atoms in total. The van der Waals surface area contributed by atoms with Crippen molar-refractivity contribution in [3.05, 3.63) is 59.7 Å². The molecule has 0 saturated carbocycles. The summed E-state index contributed by atoms with van der Waals surface area (Å²) < 4.78 is 21.5. The fourth-order valence-corrected chi connectivity index (χ4v) is 4.56. The maximum Gasteiger partial charge on any atom is 0.407 e. The van der Waals surface area contributed by atoms with Crippen LogP contribution in [0.3, 0.4) is 0 Å². The van der Waals surface area contributed by atoms with Crippen LogP contribution in [0, 0.1) is 0 Å². The number of nitrogens with one attached hydrogen (secondary N) is 2. The second kappa shape index (κ2) is 15.9. The lowest BCUT2D eigenvalue weighted by Crippen LogP contribution is -2.48. The van der Waals surface area contributed by atoms with Crippen LogP contribution in [-0.2, 0) is 33.3 Å². The molecule has 1 aliphatic carbocycles. The number of esters is 1. The summed E-state index contributed by atoms with van der Waals surface area (Å²) in [5, 5.41) is 13.9. The van der Waals surface area contributed by atoms with E-state index >= 15 is 0 Å². The van der Waals surface area contributed by atoms with Gasteiger partial charge in [0.15, 0.2) is 0 Å². The van der Waals surface area contributed by atoms with Crippen LogP contribution in [0.5, 0.6) is 0 Å². The Kier molecular flexibility index (Phi) is 12.3. The number of fused-ring (bicyclic) bond motifs is 3. The largest absolute Gasteiger partial charge is 0.481 e. The number of alkyl carbamates (subject to hydrolysis) is 1. The van der Waals surface area contributed by atoms with Crippen molar-refractivity contribution < 1.29 is 43.2 Å². The molecular formula is C31H40N2O9. The first-order valence-corrected chi connectivity index (χ1v) is 14.0. The minimum Gasteiger partial charge on any atom is -0.481 e. The van der Waals surface area contributed by atoms with E-state index in [0.29, 0.717) is 0 Å². The van der Waals surface area contributed by atoms with Gasteiger partial charge in [-0.15, -0.1) is 0 Å². The number of aliphatic carboxylic acids is 1. The third-order valence-corrected chi connectivity index (χ3v) is 6.39. The van der Waals surface area contributed by atoms with E-state index < -0.39 is 35.6 Å². The van der Waals surface area contributed by atoms with Crippen molar-refractivity contribution in [3.63, 3.8) is 0 Å². The Balaban J connectivity index is 1.51. The third-order valence-electron chi connectivity index (χ3n) is 6.39. The van der Waals surface area contributed by atoms with Crippen molar-refractivity contribution in [3.8, 4) is 11.1 Å². The smallest absolute Gasteiger partial charge is 0.407 e. The van der Waals surface area contributed by atoms with Gasteiger partial charge in [-0.3, -0.25) is 14.4 Å². The van der Waals surface area contributed by atoms with E-state index in [2.05, 4.69) is 10.6 Å². The molecule has 2 aromatic carbocycles. The summed E-state index contributed by atoms with van der Waals surface area (Å²) in [5.41, 5.74) is 3.66. The van der Waals surface area contributed by atoms with Gasteiger partial charge in [-0.05, 0) is 49.4 Å². The maximum atomic E-state index is 12.9. The van der Waals surface area contributed by atoms with Crippen molar-refractivity contribution in [2.45, 2.75) is 57.6 Å². The van der Waals surface area contributed by atoms with Gasteiger partial charge in [-0.2, -0.15) is 0 Å². The van der Waals surface area contributed by atoms with Gasteiger partial charge in [-0.25, -0.2) is 4.79 Å². The van der Waals surface area contributed by atoms with Crippen LogP contribution in [0.1, 0.15) is 57.1 Å². The molecule has 0 bridgehead atoms. The van der Waals surface area contributed by atoms with Crippen LogP contribution in [-0.4, -0.2) is 80.3 Å². The highest BCUT2D eigenvalue weighted by molar-refractivity contribution is 5.86. The van der Waals surface area contributed by atoms with Gasteiger partial charge < -0.3 is 34.7 Å². The Labute approximate surface area is 245 Å². The van der Waals surface area contributed by atoms with Crippen LogP contribution in [0.4, 0.5) is 4.79 Å². The van der Waals surface area contributed by atoms with Gasteiger partial charge >= 0.3 is 18.0 Å². The fraction of sp³-hybridized carbons (Fsp3) is 0.484. The number of carboxylic acids is 1. The highest BCUT2D eigenvalue weighted by Gasteiger charge is 2.30. The molecule has 2 aromatic rings. The maximum absolute atomic E-state index is 12.9. The number of carbonyl (C=O) groups excluding carboxylic acids is 3. The number of carbonyl (C=O) groups is 4. The summed E-state index contributed by atoms with van der Waals surface area (Å²) in [6.45, 7) is 6.22. The topological polar surface area (TPSA) is 149 Å². The molecule has 1 atom stereocenters. The lowest BCUT2D eigenvalue weighted by molar-refractivity contribution is -0.155. The summed E-state index contributed by atoms with van der Waals surface area (Å²) in [7, 11) is 0. The first-order chi connectivity index (χ1) is 20.0. The Morgan fingerprint density at radius 3 is 2.05 bits per heavy atom. The summed E-state index contributed by atoms with van der Waals surface area (Å²) in [4.78, 5) is 48.5. The number of benzene rings is 2. The van der Waals surface area contributed by atoms with Gasteiger partial charge in [0, 0.05) is 18.9 Å². The Morgan fingerprint density at radius 2 is 1.45 bits per heavy atom. The zero-order valence-electron chi connectivity index (χ0n) is 24.4. The summed E-state index contributed by atoms with van der Waals surface area (Å²) in [6.07, 6.45) is -0.917. The first-order valence-electron chi connectivity index (χ1n) is 14.0. The molecule has 42 heavy (non-hydrogen) atoms. The van der Waals surface area contributed by atoms with E-state index in [9.17, 15) is 19.2 Å². The monoisotopic (exact) mass is 584 g/mol. The van der Waals surface area contributed by atoms with Crippen LogP contribution in [0.15, 0.2) is 48.5 Å². The molecule has 0 radical (unpaired) electrons. The van der Waals surface area contributed by atoms with Crippen molar-refractivity contribution >= 4 is 23.9 Å². The fourth-order valence-electron chi connectivity index (χ4n) is 4.56. The van der Waals surface area contributed by atoms with Gasteiger partial charge in [0.25, 0.3) is 0 Å². The van der Waals surface area contributed by atoms with Crippen molar-refractivity contribution in [1.29, 1.82) is 0 Å². The van der Waals surface area contributed by atoms with E-state index in [1.54, 1.807) is 20.8 Å². The molecule has 0 spiro atoms. The van der Waals surface area contributed by atoms with Crippen LogP contribution in [0.25, 0.3) is 11.1 Å². The lowest BCUT2D eigenvalue weighted by Gasteiger charge is -2.22. The van der Waals surface area contributed by atoms with Gasteiger partial charge in [-0.1, -0.05) is 48.5 Å². The molecule has 3 N–H and O–H groups in total. The number of rotatable bonds is 16. The number of amides is 2. The highest BCUT2D eigenvalue weighted by atomic mass is 16.6. The predicted octanol–water partition coefficient (Wildman–Crippen LogP) is 3.64. The number of carboxylic acid groups (broad SMARTS) is 1. The van der Waals surface area contributed by atoms with Gasteiger partial charge in [0.1, 0.15) is 18.2 Å². The Bertz CT molecular complexity index is 1180. The second-order valence-electron chi connectivity index (χ2n) is 10.8. The summed E-state index contributed by atoms with van der Waals surface area (Å²) >= 11 is 0. The molecule has 0 heterocycles. The molecule has 2 amide bonds. The lowest BCUT2D eigenvalue weighted by atomic mass is 9.98. The minimum absolute atomic E-state index is 0.0171. The predicted molar refractivity (Wildman–Crippen MR) is 154 cm³/mol. The van der Waals surface area contributed by atoms with E-state index in [0.717, 1.165) is 22.3 Å². The average molecular weight is 585 g/mol. The standard InChI is InChI=1S/C31H40N2O9/c1-31(2,3)42-28(36)13-12-26(29(37)32-15-17-40-19-18-39-16-14-27(34)35)33-30(38)41-20-25-23-10-6-4-8-21(23)22-9-5-7-11-24(22)25/h4-11,25-26H,12-20H2,1-3H3,(H,32,37)(H,33,38)(H,34,35). The quantitative estimate of drug-likeness (QED) is 0.199. The molecule has 228 valence electrons. The third kappa shape index (κ3) is 10.5. The first kappa shape index (κ1) is 32.6. The summed E-state index contributed by atoms with van der Waals surface area (Å²) in [6, 6.07) is 14.9. The molecule has 0 saturated heterocycles. The van der Waals surface area contributed by atoms with Crippen LogP contribution in [0.2, 0.25) is 0 Å². The van der Waals surface area contributed by atoms with Gasteiger partial charge in [0.2, 0.25) is 5.91 Å². The normalized spacial score (nSPS) is 13.0. The van der Waals surface area contributed by atoms with E-state index in [1.165, 1.54) is 0 Å². The Morgan fingerprint density at radius 1 is 0.857 bits per heavy atom. The van der Waals surface area contributed by atoms with Crippen molar-refractivity contribution in [1.82, 2.24) is 10.6 Å². The van der Waals surface area contributed by atoms with E-state index in [-0.39, 0.29) is 64.8 Å². The molecule has 11 heteroatoms. The van der Waals surface area contributed by atoms with E-state index in [1.807, 2.05) is 48.5 Å². The summed E-state index contributed by atoms with van der Waals surface area (Å²) in [5.74, 6) is -2.05. The van der Waals surface area contributed by atoms with Crippen LogP contribution >= 0.6 is 0 Å². The zero-order chi connectivity index (χ0) is 30.5. The van der Waals surface area contributed by atoms with Crippen molar-refractivity contribution in [2.24, 2.45) is 0 Å². The number of hydrogen-bond acceptors (Lipinski definition) is 8. The minimum atomic E-state index is -1.03. The molecule has 1 unspecified atom stereocenters. The molecule has 1 aliphatic rings. The molecule has 3 rings (SSSR count). The van der Waals surface area contributed by atoms with Gasteiger partial charge in [0.05, 0.1) is 32.8 Å². The van der Waals surface area contributed by atoms with Crippen LogP contribution < -0.4 is 10.6 Å². The molecule has 0 aromatic heterocycles. The molecular weight excluding hydrogens is 544 g/mol. The van der Waals surface area contributed by atoms with Crippen molar-refractivity contribution in [2.75, 3.05) is 39.6 Å². The number of hydrogen-bond donors (Lipinski definition) is 3. The number of ether oxygens (including phenoxy) is 4. The molecule has 0 fully saturated rings. The molecule has 0 aliphatic heterocycles. The highest BCUT2D eigenvalue weighted by Crippen LogP contribution is 2.44. The SMILES string of the molecule is CC(C)(C)OC(=O)CCC(NC(=O)OCC1c2ccccc2-c2ccccc21)C(=O)NCCOCCOCCC(=O)O. The van der Waals surface area contributed by atoms with E-state index in [4.69, 9.17) is 24.1 Å².